The zero-order valence-electron chi connectivity index (χ0n) is 9.91. The third-order valence-corrected chi connectivity index (χ3v) is 2.40. The zero-order chi connectivity index (χ0) is 13.0. The van der Waals surface area contributed by atoms with Gasteiger partial charge in [-0.05, 0) is 19.1 Å². The second kappa shape index (κ2) is 5.22. The van der Waals surface area contributed by atoms with E-state index >= 15 is 0 Å². The third-order valence-electron chi connectivity index (χ3n) is 2.40. The summed E-state index contributed by atoms with van der Waals surface area (Å²) in [6.45, 7) is 2.24. The largest absolute Gasteiger partial charge is 0.332 e. The van der Waals surface area contributed by atoms with Crippen molar-refractivity contribution in [1.29, 1.82) is 0 Å². The van der Waals surface area contributed by atoms with Crippen molar-refractivity contribution in [3.05, 3.63) is 51.9 Å². The van der Waals surface area contributed by atoms with Gasteiger partial charge in [-0.25, -0.2) is 4.79 Å². The molecule has 0 radical (unpaired) electrons. The molecule has 2 rings (SSSR count). The van der Waals surface area contributed by atoms with E-state index in [9.17, 15) is 9.59 Å². The molecule has 0 saturated heterocycles. The minimum Gasteiger partial charge on any atom is -0.332 e. The van der Waals surface area contributed by atoms with Crippen LogP contribution < -0.4 is 16.2 Å². The average molecular weight is 246 g/mol. The molecule has 0 bridgehead atoms. The van der Waals surface area contributed by atoms with Gasteiger partial charge in [0.05, 0.1) is 12.2 Å². The number of amides is 2. The van der Waals surface area contributed by atoms with Crippen LogP contribution in [0.1, 0.15) is 11.3 Å². The van der Waals surface area contributed by atoms with Crippen LogP contribution in [0.25, 0.3) is 0 Å². The fraction of sp³-hybridized carbons (Fsp3) is 0.167. The number of carbonyl (C=O) groups is 1. The van der Waals surface area contributed by atoms with Crippen LogP contribution >= 0.6 is 0 Å². The van der Waals surface area contributed by atoms with E-state index in [-0.39, 0.29) is 18.1 Å². The maximum atomic E-state index is 11.6. The van der Waals surface area contributed by atoms with Crippen molar-refractivity contribution in [2.45, 2.75) is 13.5 Å². The Labute approximate surface area is 103 Å². The zero-order valence-corrected chi connectivity index (χ0v) is 9.91. The highest BCUT2D eigenvalue weighted by Gasteiger charge is 2.02. The maximum absolute atomic E-state index is 11.6. The van der Waals surface area contributed by atoms with Crippen molar-refractivity contribution in [3.8, 4) is 0 Å². The van der Waals surface area contributed by atoms with Gasteiger partial charge in [0, 0.05) is 11.8 Å². The minimum atomic E-state index is -0.319. The summed E-state index contributed by atoms with van der Waals surface area (Å²) < 4.78 is 0. The van der Waals surface area contributed by atoms with E-state index in [0.717, 1.165) is 11.3 Å². The van der Waals surface area contributed by atoms with Gasteiger partial charge in [-0.2, -0.15) is 0 Å². The molecular formula is C12H14N4O2. The van der Waals surface area contributed by atoms with Crippen molar-refractivity contribution < 1.29 is 4.79 Å². The Bertz CT molecular complexity index is 583. The van der Waals surface area contributed by atoms with Crippen molar-refractivity contribution in [3.63, 3.8) is 0 Å². The summed E-state index contributed by atoms with van der Waals surface area (Å²) in [7, 11) is 0. The quantitative estimate of drug-likeness (QED) is 0.658. The number of aromatic nitrogens is 2. The van der Waals surface area contributed by atoms with Crippen LogP contribution in [0.2, 0.25) is 0 Å². The first-order valence-electron chi connectivity index (χ1n) is 5.51. The Hall–Kier alpha value is -2.50. The molecule has 18 heavy (non-hydrogen) atoms. The minimum absolute atomic E-state index is 0.217. The number of H-pyrrole nitrogens is 2. The highest BCUT2D eigenvalue weighted by Crippen LogP contribution is 2.07. The van der Waals surface area contributed by atoms with Crippen LogP contribution in [0.5, 0.6) is 0 Å². The maximum Gasteiger partial charge on any atom is 0.319 e. The molecule has 0 unspecified atom stereocenters. The number of hydrogen-bond donors (Lipinski definition) is 4. The number of nitrogens with one attached hydrogen (secondary N) is 4. The van der Waals surface area contributed by atoms with Gasteiger partial charge in [-0.3, -0.25) is 9.89 Å². The topological polar surface area (TPSA) is 89.8 Å². The van der Waals surface area contributed by atoms with Crippen LogP contribution in [-0.4, -0.2) is 16.2 Å². The van der Waals surface area contributed by atoms with E-state index in [2.05, 4.69) is 20.8 Å². The van der Waals surface area contributed by atoms with Crippen LogP contribution in [0, 0.1) is 6.92 Å². The van der Waals surface area contributed by atoms with E-state index in [1.165, 1.54) is 6.07 Å². The molecule has 1 aromatic carbocycles. The average Bonchev–Trinajstić information content (AvgIpc) is 2.76. The fourth-order valence-electron chi connectivity index (χ4n) is 1.46. The molecule has 1 heterocycles. The lowest BCUT2D eigenvalue weighted by atomic mass is 10.2. The lowest BCUT2D eigenvalue weighted by molar-refractivity contribution is 0.251. The molecule has 6 heteroatoms. The Morgan fingerprint density at radius 2 is 1.94 bits per heavy atom. The first-order chi connectivity index (χ1) is 8.63. The Kier molecular flexibility index (Phi) is 3.47. The molecule has 0 spiro atoms. The van der Waals surface area contributed by atoms with Gasteiger partial charge in [0.15, 0.2) is 0 Å². The SMILES string of the molecule is Cc1ccc(NC(=O)NCc2cc(=O)[nH][nH]2)cc1. The number of anilines is 1. The Balaban J connectivity index is 1.85. The molecule has 2 amide bonds. The van der Waals surface area contributed by atoms with Crippen molar-refractivity contribution in [1.82, 2.24) is 15.5 Å². The van der Waals surface area contributed by atoms with Crippen molar-refractivity contribution in [2.24, 2.45) is 0 Å². The summed E-state index contributed by atoms with van der Waals surface area (Å²) in [5.41, 5.74) is 2.26. The van der Waals surface area contributed by atoms with Crippen LogP contribution in [-0.2, 0) is 6.54 Å². The monoisotopic (exact) mass is 246 g/mol. The van der Waals surface area contributed by atoms with Crippen LogP contribution in [0.3, 0.4) is 0 Å². The number of urea groups is 1. The molecule has 0 saturated carbocycles. The number of carbonyl (C=O) groups excluding carboxylic acids is 1. The van der Waals surface area contributed by atoms with Gasteiger partial charge in [-0.1, -0.05) is 17.7 Å². The first kappa shape index (κ1) is 12.0. The van der Waals surface area contributed by atoms with Crippen LogP contribution in [0.15, 0.2) is 35.1 Å². The summed E-state index contributed by atoms with van der Waals surface area (Å²) in [6.07, 6.45) is 0. The molecule has 0 fully saturated rings. The molecule has 0 atom stereocenters. The first-order valence-corrected chi connectivity index (χ1v) is 5.51. The van der Waals surface area contributed by atoms with Crippen molar-refractivity contribution in [2.75, 3.05) is 5.32 Å². The lowest BCUT2D eigenvalue weighted by Gasteiger charge is -2.06. The predicted octanol–water partition coefficient (Wildman–Crippen LogP) is 1.33. The van der Waals surface area contributed by atoms with Gasteiger partial charge in [0.25, 0.3) is 5.56 Å². The van der Waals surface area contributed by atoms with Crippen LogP contribution in [0.4, 0.5) is 10.5 Å². The molecule has 1 aromatic heterocycles. The van der Waals surface area contributed by atoms with Gasteiger partial charge in [0.2, 0.25) is 0 Å². The number of hydrogen-bond acceptors (Lipinski definition) is 2. The predicted molar refractivity (Wildman–Crippen MR) is 68.5 cm³/mol. The molecule has 0 aliphatic carbocycles. The summed E-state index contributed by atoms with van der Waals surface area (Å²) in [5, 5.41) is 10.4. The molecule has 6 nitrogen and oxygen atoms in total. The third kappa shape index (κ3) is 3.24. The van der Waals surface area contributed by atoms with Gasteiger partial charge in [-0.15, -0.1) is 0 Å². The normalized spacial score (nSPS) is 10.1. The van der Waals surface area contributed by atoms with Crippen molar-refractivity contribution >= 4 is 11.7 Å². The second-order valence-electron chi connectivity index (χ2n) is 3.96. The molecule has 0 aliphatic heterocycles. The van der Waals surface area contributed by atoms with Gasteiger partial charge in [0.1, 0.15) is 0 Å². The number of aromatic amines is 2. The van der Waals surface area contributed by atoms with E-state index in [1.807, 2.05) is 31.2 Å². The highest BCUT2D eigenvalue weighted by atomic mass is 16.2. The summed E-state index contributed by atoms with van der Waals surface area (Å²) in [6, 6.07) is 8.56. The van der Waals surface area contributed by atoms with E-state index < -0.39 is 0 Å². The number of benzene rings is 1. The second-order valence-corrected chi connectivity index (χ2v) is 3.96. The standard InChI is InChI=1S/C12H14N4O2/c1-8-2-4-9(5-3-8)14-12(18)13-7-10-6-11(17)16-15-10/h2-6H,7H2,1H3,(H2,13,14,18)(H2,15,16,17). The molecule has 94 valence electrons. The molecule has 0 aliphatic rings. The number of aryl methyl sites for hydroxylation is 1. The van der Waals surface area contributed by atoms with Gasteiger partial charge < -0.3 is 15.7 Å². The summed E-state index contributed by atoms with van der Waals surface area (Å²) in [4.78, 5) is 22.4. The number of rotatable bonds is 3. The smallest absolute Gasteiger partial charge is 0.319 e. The summed E-state index contributed by atoms with van der Waals surface area (Å²) in [5.74, 6) is 0. The molecule has 2 aromatic rings. The lowest BCUT2D eigenvalue weighted by Crippen LogP contribution is -2.28. The molecular weight excluding hydrogens is 232 g/mol. The Morgan fingerprint density at radius 1 is 1.22 bits per heavy atom. The van der Waals surface area contributed by atoms with E-state index in [4.69, 9.17) is 0 Å². The van der Waals surface area contributed by atoms with E-state index in [1.54, 1.807) is 0 Å². The Morgan fingerprint density at radius 3 is 2.56 bits per heavy atom. The molecule has 4 N–H and O–H groups in total. The highest BCUT2D eigenvalue weighted by molar-refractivity contribution is 5.89. The van der Waals surface area contributed by atoms with Gasteiger partial charge >= 0.3 is 6.03 Å². The fourth-order valence-corrected chi connectivity index (χ4v) is 1.46. The summed E-state index contributed by atoms with van der Waals surface area (Å²) >= 11 is 0. The van der Waals surface area contributed by atoms with E-state index in [0.29, 0.717) is 5.69 Å².